The topological polar surface area (TPSA) is 79.2 Å². The predicted octanol–water partition coefficient (Wildman–Crippen LogP) is 3.09. The van der Waals surface area contributed by atoms with E-state index in [1.807, 2.05) is 62.7 Å². The van der Waals surface area contributed by atoms with E-state index in [2.05, 4.69) is 15.6 Å². The second-order valence-corrected chi connectivity index (χ2v) is 6.42. The quantitative estimate of drug-likeness (QED) is 0.722. The summed E-state index contributed by atoms with van der Waals surface area (Å²) in [7, 11) is 0. The van der Waals surface area contributed by atoms with Crippen molar-refractivity contribution >= 4 is 6.03 Å². The largest absolute Gasteiger partial charge is 0.388 e. The lowest BCUT2D eigenvalue weighted by molar-refractivity contribution is 0.0349. The highest BCUT2D eigenvalue weighted by molar-refractivity contribution is 5.74. The van der Waals surface area contributed by atoms with Gasteiger partial charge in [0.25, 0.3) is 0 Å². The van der Waals surface area contributed by atoms with Crippen molar-refractivity contribution in [3.63, 3.8) is 0 Å². The van der Waals surface area contributed by atoms with Crippen LogP contribution >= 0.6 is 0 Å². The molecule has 25 heavy (non-hydrogen) atoms. The summed E-state index contributed by atoms with van der Waals surface area (Å²) in [4.78, 5) is 16.3. The van der Waals surface area contributed by atoms with E-state index in [9.17, 15) is 9.90 Å². The fourth-order valence-corrected chi connectivity index (χ4v) is 2.65. The fraction of sp³-hybridized carbons (Fsp3) is 0.474. The van der Waals surface area contributed by atoms with Gasteiger partial charge in [0.1, 0.15) is 5.82 Å². The van der Waals surface area contributed by atoms with Crippen molar-refractivity contribution in [3.05, 3.63) is 48.0 Å². The van der Waals surface area contributed by atoms with Gasteiger partial charge in [-0.3, -0.25) is 0 Å². The second kappa shape index (κ2) is 8.16. The van der Waals surface area contributed by atoms with Gasteiger partial charge < -0.3 is 20.3 Å². The number of urea groups is 1. The maximum Gasteiger partial charge on any atom is 0.315 e. The Bertz CT molecular complexity index is 690. The third-order valence-corrected chi connectivity index (χ3v) is 4.74. The first-order chi connectivity index (χ1) is 11.9. The summed E-state index contributed by atoms with van der Waals surface area (Å²) in [6, 6.07) is 7.60. The van der Waals surface area contributed by atoms with Crippen molar-refractivity contribution in [3.8, 4) is 5.69 Å². The number of carbonyl (C=O) groups is 1. The molecule has 3 N–H and O–H groups in total. The number of benzene rings is 1. The third kappa shape index (κ3) is 4.82. The zero-order chi connectivity index (χ0) is 18.4. The molecular formula is C19H28N4O2. The number of nitrogens with zero attached hydrogens (tertiary/aromatic N) is 2. The molecule has 6 nitrogen and oxygen atoms in total. The molecule has 2 rings (SSSR count). The second-order valence-electron chi connectivity index (χ2n) is 6.42. The summed E-state index contributed by atoms with van der Waals surface area (Å²) in [5, 5.41) is 15.9. The van der Waals surface area contributed by atoms with Crippen molar-refractivity contribution in [1.29, 1.82) is 0 Å². The summed E-state index contributed by atoms with van der Waals surface area (Å²) in [5.74, 6) is 0.928. The van der Waals surface area contributed by atoms with Gasteiger partial charge in [-0.05, 0) is 44.4 Å². The van der Waals surface area contributed by atoms with Crippen molar-refractivity contribution < 1.29 is 9.90 Å². The van der Waals surface area contributed by atoms with Crippen molar-refractivity contribution in [2.45, 2.75) is 52.2 Å². The predicted molar refractivity (Wildman–Crippen MR) is 98.8 cm³/mol. The maximum absolute atomic E-state index is 12.1. The first-order valence-electron chi connectivity index (χ1n) is 8.75. The van der Waals surface area contributed by atoms with Crippen LogP contribution in [0.1, 0.15) is 51.0 Å². The monoisotopic (exact) mass is 344 g/mol. The van der Waals surface area contributed by atoms with Gasteiger partial charge in [-0.25, -0.2) is 9.78 Å². The van der Waals surface area contributed by atoms with Crippen LogP contribution < -0.4 is 10.6 Å². The highest BCUT2D eigenvalue weighted by Gasteiger charge is 2.23. The number of amides is 2. The Balaban J connectivity index is 1.93. The molecular weight excluding hydrogens is 316 g/mol. The average molecular weight is 344 g/mol. The van der Waals surface area contributed by atoms with E-state index in [1.54, 1.807) is 6.20 Å². The lowest BCUT2D eigenvalue weighted by Crippen LogP contribution is -2.46. The van der Waals surface area contributed by atoms with Gasteiger partial charge in [-0.2, -0.15) is 0 Å². The number of carbonyl (C=O) groups excluding carboxylic acids is 1. The van der Waals surface area contributed by atoms with Crippen LogP contribution in [0.25, 0.3) is 5.69 Å². The number of aryl methyl sites for hydroxylation is 1. The number of hydrogen-bond donors (Lipinski definition) is 3. The highest BCUT2D eigenvalue weighted by Crippen LogP contribution is 2.17. The molecule has 0 bridgehead atoms. The van der Waals surface area contributed by atoms with Crippen molar-refractivity contribution in [2.24, 2.45) is 0 Å². The summed E-state index contributed by atoms with van der Waals surface area (Å²) in [6.07, 6.45) is 4.90. The number of nitrogens with one attached hydrogen (secondary N) is 2. The molecule has 1 unspecified atom stereocenters. The van der Waals surface area contributed by atoms with Crippen LogP contribution in [0.5, 0.6) is 0 Å². The zero-order valence-corrected chi connectivity index (χ0v) is 15.4. The molecule has 136 valence electrons. The van der Waals surface area contributed by atoms with E-state index in [4.69, 9.17) is 0 Å². The highest BCUT2D eigenvalue weighted by atomic mass is 16.3. The van der Waals surface area contributed by atoms with E-state index in [-0.39, 0.29) is 18.6 Å². The average Bonchev–Trinajstić information content (AvgIpc) is 3.05. The van der Waals surface area contributed by atoms with Gasteiger partial charge in [-0.1, -0.05) is 26.0 Å². The van der Waals surface area contributed by atoms with Gasteiger partial charge in [0.15, 0.2) is 0 Å². The lowest BCUT2D eigenvalue weighted by atomic mass is 9.98. The molecule has 1 aromatic heterocycles. The van der Waals surface area contributed by atoms with Crippen LogP contribution in [0.2, 0.25) is 0 Å². The number of aliphatic hydroxyl groups is 1. The maximum atomic E-state index is 12.1. The molecule has 0 spiro atoms. The normalized spacial score (nSPS) is 12.7. The Hall–Kier alpha value is -2.34. The van der Waals surface area contributed by atoms with Gasteiger partial charge in [0.2, 0.25) is 0 Å². The molecule has 0 aliphatic heterocycles. The Morgan fingerprint density at radius 3 is 2.44 bits per heavy atom. The zero-order valence-electron chi connectivity index (χ0n) is 15.4. The van der Waals surface area contributed by atoms with E-state index in [0.29, 0.717) is 12.8 Å². The molecule has 0 aliphatic rings. The van der Waals surface area contributed by atoms with E-state index in [1.165, 1.54) is 0 Å². The van der Waals surface area contributed by atoms with E-state index in [0.717, 1.165) is 17.1 Å². The van der Waals surface area contributed by atoms with Crippen LogP contribution in [-0.2, 0) is 0 Å². The van der Waals surface area contributed by atoms with Crippen molar-refractivity contribution in [1.82, 2.24) is 20.2 Å². The molecule has 0 saturated heterocycles. The minimum absolute atomic E-state index is 0.130. The van der Waals surface area contributed by atoms with E-state index < -0.39 is 5.60 Å². The van der Waals surface area contributed by atoms with Gasteiger partial charge in [0, 0.05) is 24.6 Å². The molecule has 1 aromatic carbocycles. The molecule has 1 atom stereocenters. The van der Waals surface area contributed by atoms with Crippen LogP contribution in [0.4, 0.5) is 4.79 Å². The third-order valence-electron chi connectivity index (χ3n) is 4.74. The smallest absolute Gasteiger partial charge is 0.315 e. The van der Waals surface area contributed by atoms with E-state index >= 15 is 0 Å². The number of hydrogen-bond acceptors (Lipinski definition) is 3. The van der Waals surface area contributed by atoms with Crippen LogP contribution in [0.15, 0.2) is 36.7 Å². The first kappa shape index (κ1) is 19.0. The van der Waals surface area contributed by atoms with Crippen LogP contribution in [0, 0.1) is 6.92 Å². The SMILES string of the molecule is CCC(O)(CC)CNC(=O)NC(C)c1ccc(-n2ccnc2C)cc1. The summed E-state index contributed by atoms with van der Waals surface area (Å²) < 4.78 is 2.00. The molecule has 2 aromatic rings. The van der Waals surface area contributed by atoms with Gasteiger partial charge in [0.05, 0.1) is 11.6 Å². The molecule has 0 fully saturated rings. The number of rotatable bonds is 7. The minimum atomic E-state index is -0.842. The standard InChI is InChI=1S/C19H28N4O2/c1-5-19(25,6-2)13-21-18(24)22-14(3)16-7-9-17(10-8-16)23-12-11-20-15(23)4/h7-12,14,25H,5-6,13H2,1-4H3,(H2,21,22,24). The molecule has 6 heteroatoms. The Morgan fingerprint density at radius 1 is 1.28 bits per heavy atom. The fourth-order valence-electron chi connectivity index (χ4n) is 2.65. The minimum Gasteiger partial charge on any atom is -0.388 e. The van der Waals surface area contributed by atoms with Gasteiger partial charge in [-0.15, -0.1) is 0 Å². The Morgan fingerprint density at radius 2 is 1.92 bits per heavy atom. The first-order valence-corrected chi connectivity index (χ1v) is 8.75. The molecule has 1 heterocycles. The number of imidazole rings is 1. The van der Waals surface area contributed by atoms with Crippen LogP contribution in [0.3, 0.4) is 0 Å². The molecule has 0 aliphatic carbocycles. The molecule has 0 radical (unpaired) electrons. The Kier molecular flexibility index (Phi) is 6.20. The number of aromatic nitrogens is 2. The molecule has 0 saturated carbocycles. The lowest BCUT2D eigenvalue weighted by Gasteiger charge is -2.26. The summed E-state index contributed by atoms with van der Waals surface area (Å²) in [5.41, 5.74) is 1.20. The summed E-state index contributed by atoms with van der Waals surface area (Å²) in [6.45, 7) is 7.96. The van der Waals surface area contributed by atoms with Crippen molar-refractivity contribution in [2.75, 3.05) is 6.54 Å². The van der Waals surface area contributed by atoms with Crippen LogP contribution in [-0.4, -0.2) is 32.8 Å². The Labute approximate surface area is 149 Å². The van der Waals surface area contributed by atoms with Gasteiger partial charge >= 0.3 is 6.03 Å². The molecule has 2 amide bonds. The summed E-state index contributed by atoms with van der Waals surface area (Å²) >= 11 is 0.